The molecule has 0 unspecified atom stereocenters. The number of nitrogens with zero attached hydrogens (tertiary/aromatic N) is 1. The van der Waals surface area contributed by atoms with Gasteiger partial charge in [0.25, 0.3) is 0 Å². The van der Waals surface area contributed by atoms with E-state index in [1.165, 1.54) is 30.5 Å². The molecule has 0 radical (unpaired) electrons. The molecule has 1 aromatic rings. The topological polar surface area (TPSA) is 220 Å². The predicted molar refractivity (Wildman–Crippen MR) is 160 cm³/mol. The number of amides is 5. The van der Waals surface area contributed by atoms with Crippen molar-refractivity contribution in [2.75, 3.05) is 25.2 Å². The van der Waals surface area contributed by atoms with E-state index in [1.54, 1.807) is 30.3 Å². The van der Waals surface area contributed by atoms with Gasteiger partial charge in [-0.1, -0.05) is 30.3 Å². The third-order valence-electron chi connectivity index (χ3n) is 7.00. The van der Waals surface area contributed by atoms with Gasteiger partial charge in [0.05, 0.1) is 12.6 Å². The van der Waals surface area contributed by atoms with Gasteiger partial charge in [0.15, 0.2) is 0 Å². The van der Waals surface area contributed by atoms with Crippen LogP contribution in [-0.4, -0.2) is 112 Å². The number of thioether (sulfide) groups is 1. The van der Waals surface area contributed by atoms with E-state index in [0.29, 0.717) is 18.6 Å². The molecule has 1 saturated heterocycles. The fourth-order valence-corrected chi connectivity index (χ4v) is 4.94. The molecule has 0 aliphatic carbocycles. The number of aliphatic hydroxyl groups excluding tert-OH is 1. The molecular formula is C28H42N6O8S. The molecule has 1 aliphatic rings. The van der Waals surface area contributed by atoms with Gasteiger partial charge in [-0.25, -0.2) is 0 Å². The minimum absolute atomic E-state index is 0.0747. The van der Waals surface area contributed by atoms with Crippen LogP contribution in [0.25, 0.3) is 0 Å². The molecular weight excluding hydrogens is 580 g/mol. The Kier molecular flexibility index (Phi) is 14.4. The lowest BCUT2D eigenvalue weighted by Gasteiger charge is -2.30. The zero-order chi connectivity index (χ0) is 32.1. The fraction of sp³-hybridized carbons (Fsp3) is 0.571. The summed E-state index contributed by atoms with van der Waals surface area (Å²) in [5.41, 5.74) is 6.56. The molecule has 1 fully saturated rings. The average molecular weight is 623 g/mol. The lowest BCUT2D eigenvalue weighted by atomic mass is 10.0. The van der Waals surface area contributed by atoms with Gasteiger partial charge in [0.1, 0.15) is 30.2 Å². The molecule has 238 valence electrons. The number of carbonyl (C=O) groups excluding carboxylic acids is 5. The Hall–Kier alpha value is -3.69. The first kappa shape index (κ1) is 35.5. The molecule has 15 heteroatoms. The first-order chi connectivity index (χ1) is 20.4. The first-order valence-electron chi connectivity index (χ1n) is 14.0. The summed E-state index contributed by atoms with van der Waals surface area (Å²) in [5.74, 6) is -3.85. The van der Waals surface area contributed by atoms with Crippen LogP contribution >= 0.6 is 11.8 Å². The highest BCUT2D eigenvalue weighted by Gasteiger charge is 2.39. The molecule has 0 spiro atoms. The van der Waals surface area contributed by atoms with Crippen molar-refractivity contribution in [3.05, 3.63) is 35.9 Å². The SMILES string of the molecule is CSCC[C@H](N)C(=O)N[C@@H](C)C(=O)N[C@@H](CO)C(=O)N1CCC[C@H]1C(=O)N[C@@H](Cc1ccccc1)C(=O)N[C@@H](C)C(=O)O. The van der Waals surface area contributed by atoms with Crippen LogP contribution in [0, 0.1) is 0 Å². The van der Waals surface area contributed by atoms with Crippen molar-refractivity contribution in [3.8, 4) is 0 Å². The summed E-state index contributed by atoms with van der Waals surface area (Å²) in [6.07, 6.45) is 3.11. The minimum atomic E-state index is -1.38. The monoisotopic (exact) mass is 622 g/mol. The molecule has 43 heavy (non-hydrogen) atoms. The third-order valence-corrected chi connectivity index (χ3v) is 7.65. The number of hydrogen-bond donors (Lipinski definition) is 7. The second-order valence-corrected chi connectivity index (χ2v) is 11.4. The molecule has 8 N–H and O–H groups in total. The van der Waals surface area contributed by atoms with Gasteiger partial charge >= 0.3 is 5.97 Å². The molecule has 5 amide bonds. The van der Waals surface area contributed by atoms with Crippen LogP contribution in [0.15, 0.2) is 30.3 Å². The van der Waals surface area contributed by atoms with E-state index < -0.39 is 78.4 Å². The van der Waals surface area contributed by atoms with Gasteiger partial charge in [-0.2, -0.15) is 11.8 Å². The van der Waals surface area contributed by atoms with Crippen molar-refractivity contribution in [1.82, 2.24) is 26.2 Å². The Morgan fingerprint density at radius 1 is 0.953 bits per heavy atom. The smallest absolute Gasteiger partial charge is 0.325 e. The maximum atomic E-state index is 13.4. The zero-order valence-electron chi connectivity index (χ0n) is 24.6. The quantitative estimate of drug-likeness (QED) is 0.111. The molecule has 14 nitrogen and oxygen atoms in total. The maximum absolute atomic E-state index is 13.4. The van der Waals surface area contributed by atoms with E-state index >= 15 is 0 Å². The molecule has 0 saturated carbocycles. The van der Waals surface area contributed by atoms with Gasteiger partial charge in [0.2, 0.25) is 29.5 Å². The summed E-state index contributed by atoms with van der Waals surface area (Å²) in [7, 11) is 0. The second-order valence-electron chi connectivity index (χ2n) is 10.4. The number of carboxylic acid groups (broad SMARTS) is 1. The van der Waals surface area contributed by atoms with Crippen LogP contribution < -0.4 is 27.0 Å². The summed E-state index contributed by atoms with van der Waals surface area (Å²) >= 11 is 1.53. The summed E-state index contributed by atoms with van der Waals surface area (Å²) in [6, 6.07) is 2.28. The van der Waals surface area contributed by atoms with Crippen molar-refractivity contribution in [1.29, 1.82) is 0 Å². The Labute approximate surface area is 254 Å². The lowest BCUT2D eigenvalue weighted by Crippen LogP contribution is -2.59. The number of carbonyl (C=O) groups is 6. The standard InChI is InChI=1S/C28H42N6O8S/c1-16(30-24(37)19(29)11-13-43-3)23(36)33-21(15-35)27(40)34-12-7-10-22(34)26(39)32-20(14-18-8-5-4-6-9-18)25(38)31-17(2)28(41)42/h4-6,8-9,16-17,19-22,35H,7,10-15,29H2,1-3H3,(H,30,37)(H,31,38)(H,32,39)(H,33,36)(H,41,42)/t16-,17-,19-,20-,21-,22-/m0/s1. The number of hydrogen-bond acceptors (Lipinski definition) is 9. The summed E-state index contributed by atoms with van der Waals surface area (Å²) in [5, 5.41) is 29.1. The fourth-order valence-electron chi connectivity index (χ4n) is 4.45. The zero-order valence-corrected chi connectivity index (χ0v) is 25.4. The summed E-state index contributed by atoms with van der Waals surface area (Å²) in [4.78, 5) is 77.2. The van der Waals surface area contributed by atoms with E-state index in [0.717, 1.165) is 5.56 Å². The number of rotatable bonds is 16. The normalized spacial score (nSPS) is 18.0. The van der Waals surface area contributed by atoms with E-state index in [1.807, 2.05) is 6.26 Å². The highest BCUT2D eigenvalue weighted by molar-refractivity contribution is 7.98. The van der Waals surface area contributed by atoms with Crippen LogP contribution in [-0.2, 0) is 35.2 Å². The Balaban J connectivity index is 2.09. The van der Waals surface area contributed by atoms with E-state index in [4.69, 9.17) is 5.73 Å². The van der Waals surface area contributed by atoms with Crippen LogP contribution in [0.2, 0.25) is 0 Å². The van der Waals surface area contributed by atoms with Crippen LogP contribution in [0.3, 0.4) is 0 Å². The van der Waals surface area contributed by atoms with Crippen LogP contribution in [0.5, 0.6) is 0 Å². The van der Waals surface area contributed by atoms with Crippen molar-refractivity contribution in [2.24, 2.45) is 5.73 Å². The maximum Gasteiger partial charge on any atom is 0.325 e. The van der Waals surface area contributed by atoms with E-state index in [9.17, 15) is 39.0 Å². The summed E-state index contributed by atoms with van der Waals surface area (Å²) in [6.45, 7) is 2.14. The highest BCUT2D eigenvalue weighted by Crippen LogP contribution is 2.19. The second kappa shape index (κ2) is 17.4. The molecule has 1 aromatic carbocycles. The number of nitrogens with two attached hydrogens (primary N) is 1. The molecule has 0 bridgehead atoms. The Morgan fingerprint density at radius 3 is 2.21 bits per heavy atom. The van der Waals surface area contributed by atoms with Gasteiger partial charge in [0, 0.05) is 13.0 Å². The highest BCUT2D eigenvalue weighted by atomic mass is 32.2. The van der Waals surface area contributed by atoms with Crippen molar-refractivity contribution >= 4 is 47.3 Å². The number of likely N-dealkylation sites (tertiary alicyclic amines) is 1. The number of aliphatic hydroxyl groups is 1. The minimum Gasteiger partial charge on any atom is -0.480 e. The summed E-state index contributed by atoms with van der Waals surface area (Å²) < 4.78 is 0. The van der Waals surface area contributed by atoms with Gasteiger partial charge < -0.3 is 42.1 Å². The van der Waals surface area contributed by atoms with Gasteiger partial charge in [-0.05, 0) is 50.7 Å². The molecule has 2 rings (SSSR count). The first-order valence-corrected chi connectivity index (χ1v) is 15.4. The predicted octanol–water partition coefficient (Wildman–Crippen LogP) is -1.64. The molecule has 0 aromatic heterocycles. The average Bonchev–Trinajstić information content (AvgIpc) is 3.48. The van der Waals surface area contributed by atoms with Crippen molar-refractivity contribution in [2.45, 2.75) is 75.8 Å². The number of carboxylic acids is 1. The van der Waals surface area contributed by atoms with Gasteiger partial charge in [-0.3, -0.25) is 28.8 Å². The third kappa shape index (κ3) is 10.8. The van der Waals surface area contributed by atoms with Crippen molar-refractivity contribution < 1.29 is 39.0 Å². The van der Waals surface area contributed by atoms with E-state index in [-0.39, 0.29) is 19.4 Å². The number of aliphatic carboxylic acids is 1. The molecule has 1 aliphatic heterocycles. The van der Waals surface area contributed by atoms with Crippen molar-refractivity contribution in [3.63, 3.8) is 0 Å². The molecule has 1 heterocycles. The van der Waals surface area contributed by atoms with Gasteiger partial charge in [-0.15, -0.1) is 0 Å². The van der Waals surface area contributed by atoms with Crippen LogP contribution in [0.4, 0.5) is 0 Å². The Morgan fingerprint density at radius 2 is 1.60 bits per heavy atom. The number of nitrogens with one attached hydrogen (secondary N) is 4. The lowest BCUT2D eigenvalue weighted by molar-refractivity contribution is -0.144. The van der Waals surface area contributed by atoms with E-state index in [2.05, 4.69) is 21.3 Å². The Bertz CT molecular complexity index is 1140. The largest absolute Gasteiger partial charge is 0.480 e. The molecule has 6 atom stereocenters. The van der Waals surface area contributed by atoms with Crippen LogP contribution in [0.1, 0.15) is 38.7 Å². The number of benzene rings is 1.